The molecule has 0 fully saturated rings. The zero-order valence-corrected chi connectivity index (χ0v) is 5.14. The van der Waals surface area contributed by atoms with Gasteiger partial charge in [-0.15, -0.1) is 0 Å². The van der Waals surface area contributed by atoms with Gasteiger partial charge in [-0.25, -0.2) is 8.78 Å². The van der Waals surface area contributed by atoms with Gasteiger partial charge in [0.2, 0.25) is 0 Å². The first-order valence-corrected chi connectivity index (χ1v) is 2.53. The van der Waals surface area contributed by atoms with Crippen LogP contribution in [0.25, 0.3) is 0 Å². The summed E-state index contributed by atoms with van der Waals surface area (Å²) in [5, 5.41) is 0. The molecule has 0 aromatic carbocycles. The van der Waals surface area contributed by atoms with E-state index in [-0.39, 0.29) is 0 Å². The monoisotopic (exact) mass is 164 g/mol. The van der Waals surface area contributed by atoms with Gasteiger partial charge in [0, 0.05) is 6.07 Å². The summed E-state index contributed by atoms with van der Waals surface area (Å²) in [5.41, 5.74) is 0. The number of hydrogen-bond acceptors (Lipinski definition) is 3. The maximum atomic E-state index is 12.4. The Morgan fingerprint density at radius 3 is 2.45 bits per heavy atom. The lowest BCUT2D eigenvalue weighted by Crippen LogP contribution is -2.07. The second kappa shape index (κ2) is 2.75. The Labute approximate surface area is 59.6 Å². The maximum Gasteiger partial charge on any atom is 0.276 e. The molecule has 1 heterocycles. The topological polar surface area (TPSA) is 48.1 Å². The maximum absolute atomic E-state index is 12.4. The first kappa shape index (κ1) is 7.80. The smallest absolute Gasteiger partial charge is 0.276 e. The van der Waals surface area contributed by atoms with Gasteiger partial charge in [-0.2, -0.15) is 15.3 Å². The Hall–Kier alpha value is -1.30. The predicted octanol–water partition coefficient (Wildman–Crippen LogP) is 0.751. The fraction of sp³-hybridized carbons (Fsp3) is 0. The van der Waals surface area contributed by atoms with E-state index in [0.717, 1.165) is 0 Å². The van der Waals surface area contributed by atoms with E-state index in [4.69, 9.17) is 0 Å². The van der Waals surface area contributed by atoms with E-state index in [2.05, 4.69) is 15.7 Å². The van der Waals surface area contributed by atoms with Crippen molar-refractivity contribution in [3.05, 3.63) is 23.6 Å². The van der Waals surface area contributed by atoms with E-state index in [1.54, 1.807) is 0 Å². The molecule has 0 saturated heterocycles. The number of nitrogens with two attached hydrogens (primary N) is 1. The van der Waals surface area contributed by atoms with Crippen molar-refractivity contribution in [2.45, 2.75) is 0 Å². The molecular formula is C5H3F3N2O. The summed E-state index contributed by atoms with van der Waals surface area (Å²) in [7, 11) is 0. The third-order valence-corrected chi connectivity index (χ3v) is 0.966. The van der Waals surface area contributed by atoms with E-state index < -0.39 is 23.5 Å². The molecule has 1 aromatic rings. The third-order valence-electron chi connectivity index (χ3n) is 0.966. The average molecular weight is 164 g/mol. The molecule has 0 saturated carbocycles. The third kappa shape index (κ3) is 1.40. The molecule has 0 aliphatic rings. The molecule has 0 aliphatic carbocycles. The number of pyridine rings is 1. The number of aromatic nitrogens is 1. The molecule has 0 bridgehead atoms. The summed E-state index contributed by atoms with van der Waals surface area (Å²) >= 11 is 0. The molecule has 0 unspecified atom stereocenters. The van der Waals surface area contributed by atoms with Gasteiger partial charge in [-0.3, -0.25) is 0 Å². The van der Waals surface area contributed by atoms with Crippen molar-refractivity contribution >= 4 is 0 Å². The fourth-order valence-electron chi connectivity index (χ4n) is 0.511. The molecule has 6 heteroatoms. The van der Waals surface area contributed by atoms with E-state index in [1.165, 1.54) is 0 Å². The summed E-state index contributed by atoms with van der Waals surface area (Å²) in [6.45, 7) is 0. The highest BCUT2D eigenvalue weighted by molar-refractivity contribution is 5.14. The molecule has 0 amide bonds. The van der Waals surface area contributed by atoms with Crippen LogP contribution >= 0.6 is 0 Å². The van der Waals surface area contributed by atoms with Crippen molar-refractivity contribution in [2.75, 3.05) is 0 Å². The van der Waals surface area contributed by atoms with Gasteiger partial charge >= 0.3 is 0 Å². The van der Waals surface area contributed by atoms with Crippen LogP contribution < -0.4 is 10.7 Å². The van der Waals surface area contributed by atoms with E-state index in [9.17, 15) is 13.2 Å². The zero-order valence-electron chi connectivity index (χ0n) is 5.14. The SMILES string of the molecule is NOc1nc(F)c(F)cc1F. The summed E-state index contributed by atoms with van der Waals surface area (Å²) in [6, 6.07) is 0.296. The number of hydrogen-bond donors (Lipinski definition) is 1. The van der Waals surface area contributed by atoms with Crippen molar-refractivity contribution < 1.29 is 18.0 Å². The Morgan fingerprint density at radius 2 is 1.91 bits per heavy atom. The number of nitrogens with zero attached hydrogens (tertiary/aromatic N) is 1. The van der Waals surface area contributed by atoms with E-state index in [0.29, 0.717) is 6.07 Å². The van der Waals surface area contributed by atoms with Gasteiger partial charge in [0.05, 0.1) is 0 Å². The zero-order chi connectivity index (χ0) is 8.43. The normalized spacial score (nSPS) is 9.82. The Balaban J connectivity index is 3.21. The number of rotatable bonds is 1. The van der Waals surface area contributed by atoms with Crippen LogP contribution in [0.3, 0.4) is 0 Å². The van der Waals surface area contributed by atoms with Crippen LogP contribution in [-0.2, 0) is 0 Å². The van der Waals surface area contributed by atoms with Crippen molar-refractivity contribution in [1.29, 1.82) is 0 Å². The lowest BCUT2D eigenvalue weighted by atomic mass is 10.4. The summed E-state index contributed by atoms with van der Waals surface area (Å²) in [5.74, 6) is -0.281. The quantitative estimate of drug-likeness (QED) is 0.492. The van der Waals surface area contributed by atoms with Gasteiger partial charge in [-0.1, -0.05) is 0 Å². The lowest BCUT2D eigenvalue weighted by molar-refractivity contribution is 0.290. The standard InChI is InChI=1S/C5H3F3N2O/c6-2-1-3(7)5(11-9)10-4(2)8/h1H,9H2. The minimum atomic E-state index is -1.45. The first-order chi connectivity index (χ1) is 5.15. The van der Waals surface area contributed by atoms with Gasteiger partial charge in [0.1, 0.15) is 0 Å². The minimum absolute atomic E-state index is 0.296. The summed E-state index contributed by atoms with van der Waals surface area (Å²) < 4.78 is 36.6. The van der Waals surface area contributed by atoms with Crippen molar-refractivity contribution in [3.63, 3.8) is 0 Å². The van der Waals surface area contributed by atoms with Crippen LogP contribution in [0.5, 0.6) is 5.88 Å². The van der Waals surface area contributed by atoms with Gasteiger partial charge in [0.15, 0.2) is 11.6 Å². The second-order valence-corrected chi connectivity index (χ2v) is 1.67. The Bertz CT molecular complexity index is 279. The lowest BCUT2D eigenvalue weighted by Gasteiger charge is -1.98. The largest absolute Gasteiger partial charge is 0.388 e. The first-order valence-electron chi connectivity index (χ1n) is 2.53. The van der Waals surface area contributed by atoms with Crippen molar-refractivity contribution in [3.8, 4) is 5.88 Å². The highest BCUT2D eigenvalue weighted by Gasteiger charge is 2.11. The summed E-state index contributed by atoms with van der Waals surface area (Å²) in [6.07, 6.45) is 0. The van der Waals surface area contributed by atoms with Crippen LogP contribution in [0.2, 0.25) is 0 Å². The predicted molar refractivity (Wildman–Crippen MR) is 28.9 cm³/mol. The van der Waals surface area contributed by atoms with Crippen molar-refractivity contribution in [1.82, 2.24) is 4.98 Å². The Morgan fingerprint density at radius 1 is 1.27 bits per heavy atom. The summed E-state index contributed by atoms with van der Waals surface area (Å²) in [4.78, 5) is 6.51. The van der Waals surface area contributed by atoms with Crippen LogP contribution in [0, 0.1) is 17.6 Å². The minimum Gasteiger partial charge on any atom is -0.388 e. The van der Waals surface area contributed by atoms with E-state index >= 15 is 0 Å². The molecule has 0 spiro atoms. The van der Waals surface area contributed by atoms with Crippen LogP contribution in [-0.4, -0.2) is 4.98 Å². The van der Waals surface area contributed by atoms with E-state index in [1.807, 2.05) is 0 Å². The highest BCUT2D eigenvalue weighted by Crippen LogP contribution is 2.14. The van der Waals surface area contributed by atoms with Crippen LogP contribution in [0.1, 0.15) is 0 Å². The molecule has 3 nitrogen and oxygen atoms in total. The second-order valence-electron chi connectivity index (χ2n) is 1.67. The fourth-order valence-corrected chi connectivity index (χ4v) is 0.511. The average Bonchev–Trinajstić information content (AvgIpc) is 1.97. The molecule has 1 rings (SSSR count). The molecule has 0 atom stereocenters. The molecule has 0 radical (unpaired) electrons. The molecule has 1 aromatic heterocycles. The van der Waals surface area contributed by atoms with Gasteiger partial charge in [0.25, 0.3) is 11.8 Å². The molecular weight excluding hydrogens is 161 g/mol. The molecule has 11 heavy (non-hydrogen) atoms. The molecule has 60 valence electrons. The van der Waals surface area contributed by atoms with Gasteiger partial charge < -0.3 is 4.84 Å². The van der Waals surface area contributed by atoms with Crippen molar-refractivity contribution in [2.24, 2.45) is 5.90 Å². The van der Waals surface area contributed by atoms with Gasteiger partial charge in [-0.05, 0) is 0 Å². The van der Waals surface area contributed by atoms with Crippen LogP contribution in [0.15, 0.2) is 6.07 Å². The Kier molecular flexibility index (Phi) is 1.95. The molecule has 2 N–H and O–H groups in total. The van der Waals surface area contributed by atoms with Crippen LogP contribution in [0.4, 0.5) is 13.2 Å². The number of halogens is 3. The highest BCUT2D eigenvalue weighted by atomic mass is 19.2. The molecule has 0 aliphatic heterocycles.